The maximum atomic E-state index is 12.5. The number of aromatic nitrogens is 3. The van der Waals surface area contributed by atoms with E-state index in [2.05, 4.69) is 10.3 Å². The monoisotopic (exact) mass is 305 g/mol. The summed E-state index contributed by atoms with van der Waals surface area (Å²) in [7, 11) is 0. The quantitative estimate of drug-likeness (QED) is 0.815. The average molecular weight is 305 g/mol. The van der Waals surface area contributed by atoms with Crippen LogP contribution in [0.25, 0.3) is 10.6 Å². The molecule has 108 valence electrons. The van der Waals surface area contributed by atoms with Gasteiger partial charge < -0.3 is 4.74 Å². The van der Waals surface area contributed by atoms with Crippen molar-refractivity contribution in [3.8, 4) is 10.6 Å². The van der Waals surface area contributed by atoms with E-state index in [4.69, 9.17) is 4.74 Å². The van der Waals surface area contributed by atoms with Crippen LogP contribution in [-0.4, -0.2) is 33.7 Å². The standard InChI is InChI=1S/C11H10F3N3O2S/c1-2-19-10(18)8-9(7-4-3-5-20-7)17(16-15-8)6-11(12,13)14/h3-5H,2,6H2,1H3. The molecular weight excluding hydrogens is 295 g/mol. The zero-order chi connectivity index (χ0) is 14.8. The number of hydrogen-bond acceptors (Lipinski definition) is 5. The molecule has 2 aromatic rings. The Bertz CT molecular complexity index is 593. The Morgan fingerprint density at radius 2 is 2.25 bits per heavy atom. The molecule has 0 aliphatic heterocycles. The number of rotatable bonds is 4. The summed E-state index contributed by atoms with van der Waals surface area (Å²) >= 11 is 1.19. The molecule has 0 aromatic carbocycles. The smallest absolute Gasteiger partial charge is 0.408 e. The van der Waals surface area contributed by atoms with E-state index in [1.165, 1.54) is 11.3 Å². The molecule has 0 fully saturated rings. The lowest BCUT2D eigenvalue weighted by atomic mass is 10.2. The highest BCUT2D eigenvalue weighted by Crippen LogP contribution is 2.29. The fraction of sp³-hybridized carbons (Fsp3) is 0.364. The van der Waals surface area contributed by atoms with Crippen LogP contribution >= 0.6 is 11.3 Å². The summed E-state index contributed by atoms with van der Waals surface area (Å²) in [5, 5.41) is 8.62. The van der Waals surface area contributed by atoms with E-state index >= 15 is 0 Å². The molecule has 0 aliphatic rings. The van der Waals surface area contributed by atoms with Crippen molar-refractivity contribution in [2.24, 2.45) is 0 Å². The zero-order valence-corrected chi connectivity index (χ0v) is 11.2. The van der Waals surface area contributed by atoms with Crippen molar-refractivity contribution in [1.29, 1.82) is 0 Å². The maximum absolute atomic E-state index is 12.5. The van der Waals surface area contributed by atoms with Gasteiger partial charge in [0.25, 0.3) is 0 Å². The van der Waals surface area contributed by atoms with Crippen LogP contribution in [0.3, 0.4) is 0 Å². The number of alkyl halides is 3. The Morgan fingerprint density at radius 3 is 2.80 bits per heavy atom. The van der Waals surface area contributed by atoms with Crippen molar-refractivity contribution in [3.63, 3.8) is 0 Å². The van der Waals surface area contributed by atoms with Gasteiger partial charge in [-0.2, -0.15) is 13.2 Å². The first-order valence-corrected chi connectivity index (χ1v) is 6.51. The number of thiophene rings is 1. The van der Waals surface area contributed by atoms with E-state index in [9.17, 15) is 18.0 Å². The predicted octanol–water partition coefficient (Wildman–Crippen LogP) is 2.75. The highest BCUT2D eigenvalue weighted by atomic mass is 32.1. The number of nitrogens with zero attached hydrogens (tertiary/aromatic N) is 3. The van der Waals surface area contributed by atoms with Crippen LogP contribution in [0, 0.1) is 0 Å². The van der Waals surface area contributed by atoms with Gasteiger partial charge in [-0.3, -0.25) is 0 Å². The number of hydrogen-bond donors (Lipinski definition) is 0. The van der Waals surface area contributed by atoms with Crippen LogP contribution in [0.5, 0.6) is 0 Å². The lowest BCUT2D eigenvalue weighted by Gasteiger charge is -2.09. The highest BCUT2D eigenvalue weighted by Gasteiger charge is 2.32. The molecule has 0 saturated carbocycles. The first-order valence-electron chi connectivity index (χ1n) is 5.63. The molecule has 2 heterocycles. The van der Waals surface area contributed by atoms with Crippen LogP contribution < -0.4 is 0 Å². The van der Waals surface area contributed by atoms with Crippen LogP contribution in [0.1, 0.15) is 17.4 Å². The molecule has 0 aliphatic carbocycles. The van der Waals surface area contributed by atoms with Crippen LogP contribution in [0.15, 0.2) is 17.5 Å². The van der Waals surface area contributed by atoms with Crippen molar-refractivity contribution in [2.75, 3.05) is 6.61 Å². The topological polar surface area (TPSA) is 57.0 Å². The molecule has 2 aromatic heterocycles. The van der Waals surface area contributed by atoms with E-state index in [-0.39, 0.29) is 18.0 Å². The number of carbonyl (C=O) groups excluding carboxylic acids is 1. The normalized spacial score (nSPS) is 11.6. The molecule has 0 spiro atoms. The van der Waals surface area contributed by atoms with Gasteiger partial charge >= 0.3 is 12.1 Å². The number of ether oxygens (including phenoxy) is 1. The number of halogens is 3. The molecule has 5 nitrogen and oxygen atoms in total. The van der Waals surface area contributed by atoms with Gasteiger partial charge in [0.05, 0.1) is 11.5 Å². The third kappa shape index (κ3) is 3.16. The molecule has 0 radical (unpaired) electrons. The van der Waals surface area contributed by atoms with Gasteiger partial charge in [0, 0.05) is 0 Å². The van der Waals surface area contributed by atoms with E-state index in [1.54, 1.807) is 24.4 Å². The van der Waals surface area contributed by atoms with Gasteiger partial charge in [-0.15, -0.1) is 16.4 Å². The minimum absolute atomic E-state index is 0.0239. The van der Waals surface area contributed by atoms with Crippen LogP contribution in [0.4, 0.5) is 13.2 Å². The van der Waals surface area contributed by atoms with Gasteiger partial charge in [0.2, 0.25) is 0 Å². The second kappa shape index (κ2) is 5.61. The lowest BCUT2D eigenvalue weighted by molar-refractivity contribution is -0.142. The van der Waals surface area contributed by atoms with Gasteiger partial charge in [-0.25, -0.2) is 9.48 Å². The molecule has 20 heavy (non-hydrogen) atoms. The lowest BCUT2D eigenvalue weighted by Crippen LogP contribution is -2.19. The summed E-state index contributed by atoms with van der Waals surface area (Å²) in [5.74, 6) is -0.788. The van der Waals surface area contributed by atoms with Crippen molar-refractivity contribution >= 4 is 17.3 Å². The second-order valence-corrected chi connectivity index (χ2v) is 4.70. The fourth-order valence-corrected chi connectivity index (χ4v) is 2.36. The zero-order valence-electron chi connectivity index (χ0n) is 10.3. The third-order valence-corrected chi connectivity index (χ3v) is 3.16. The number of esters is 1. The van der Waals surface area contributed by atoms with Gasteiger partial charge in [0.1, 0.15) is 12.2 Å². The van der Waals surface area contributed by atoms with E-state index in [1.807, 2.05) is 0 Å². The van der Waals surface area contributed by atoms with E-state index in [0.717, 1.165) is 0 Å². The van der Waals surface area contributed by atoms with Crippen LogP contribution in [0.2, 0.25) is 0 Å². The van der Waals surface area contributed by atoms with Gasteiger partial charge in [-0.1, -0.05) is 11.3 Å². The minimum atomic E-state index is -4.45. The minimum Gasteiger partial charge on any atom is -0.461 e. The summed E-state index contributed by atoms with van der Waals surface area (Å²) in [6.45, 7) is 0.393. The second-order valence-electron chi connectivity index (χ2n) is 3.76. The first kappa shape index (κ1) is 14.5. The molecule has 0 unspecified atom stereocenters. The van der Waals surface area contributed by atoms with Crippen LogP contribution in [-0.2, 0) is 11.3 Å². The Kier molecular flexibility index (Phi) is 4.07. The molecule has 0 saturated heterocycles. The van der Waals surface area contributed by atoms with Gasteiger partial charge in [-0.05, 0) is 18.4 Å². The summed E-state index contributed by atoms with van der Waals surface area (Å²) in [5.41, 5.74) is -0.186. The van der Waals surface area contributed by atoms with Gasteiger partial charge in [0.15, 0.2) is 5.69 Å². The Hall–Kier alpha value is -1.90. The largest absolute Gasteiger partial charge is 0.461 e. The van der Waals surface area contributed by atoms with Crippen molar-refractivity contribution in [3.05, 3.63) is 23.2 Å². The Labute approximate surface area is 116 Å². The summed E-state index contributed by atoms with van der Waals surface area (Å²) < 4.78 is 43.0. The Morgan fingerprint density at radius 1 is 1.50 bits per heavy atom. The highest BCUT2D eigenvalue weighted by molar-refractivity contribution is 7.13. The average Bonchev–Trinajstić information content (AvgIpc) is 2.95. The first-order chi connectivity index (χ1) is 9.42. The molecule has 9 heteroatoms. The fourth-order valence-electron chi connectivity index (χ4n) is 1.59. The Balaban J connectivity index is 2.46. The molecule has 0 amide bonds. The summed E-state index contributed by atoms with van der Waals surface area (Å²) in [6.07, 6.45) is -4.45. The number of carbonyl (C=O) groups is 1. The van der Waals surface area contributed by atoms with Crippen molar-refractivity contribution < 1.29 is 22.7 Å². The molecule has 0 atom stereocenters. The van der Waals surface area contributed by atoms with Crippen molar-refractivity contribution in [1.82, 2.24) is 15.0 Å². The molecule has 0 bridgehead atoms. The van der Waals surface area contributed by atoms with Crippen molar-refractivity contribution in [2.45, 2.75) is 19.6 Å². The van der Waals surface area contributed by atoms with E-state index in [0.29, 0.717) is 9.56 Å². The predicted molar refractivity (Wildman–Crippen MR) is 65.3 cm³/mol. The maximum Gasteiger partial charge on any atom is 0.408 e. The summed E-state index contributed by atoms with van der Waals surface area (Å²) in [4.78, 5) is 12.2. The molecule has 0 N–H and O–H groups in total. The SMILES string of the molecule is CCOC(=O)c1nnn(CC(F)(F)F)c1-c1cccs1. The molecule has 2 rings (SSSR count). The third-order valence-electron chi connectivity index (χ3n) is 2.29. The molecular formula is C11H10F3N3O2S. The van der Waals surface area contributed by atoms with E-state index < -0.39 is 18.7 Å². The summed E-state index contributed by atoms with van der Waals surface area (Å²) in [6, 6.07) is 3.26.